The number of H-pyrrole nitrogens is 1. The van der Waals surface area contributed by atoms with Gasteiger partial charge in [0.2, 0.25) is 0 Å². The van der Waals surface area contributed by atoms with Crippen LogP contribution in [0.3, 0.4) is 0 Å². The summed E-state index contributed by atoms with van der Waals surface area (Å²) < 4.78 is 25.0. The number of fused-ring (bicyclic) bond motifs is 1. The summed E-state index contributed by atoms with van der Waals surface area (Å²) in [6.45, 7) is 4.46. The molecule has 0 aliphatic heterocycles. The Morgan fingerprint density at radius 2 is 1.95 bits per heavy atom. The summed E-state index contributed by atoms with van der Waals surface area (Å²) in [6, 6.07) is 11.4. The third-order valence-corrected chi connectivity index (χ3v) is 6.66. The Morgan fingerprint density at radius 1 is 1.11 bits per heavy atom. The number of rotatable bonds is 12. The second kappa shape index (κ2) is 12.6. The van der Waals surface area contributed by atoms with Crippen LogP contribution in [-0.4, -0.2) is 78.4 Å². The second-order valence-electron chi connectivity index (χ2n) is 9.23. The first-order chi connectivity index (χ1) is 18.4. The van der Waals surface area contributed by atoms with Gasteiger partial charge in [-0.15, -0.1) is 0 Å². The largest absolute Gasteiger partial charge is 0.493 e. The number of pyridine rings is 1. The summed E-state index contributed by atoms with van der Waals surface area (Å²) in [4.78, 5) is 22.2. The van der Waals surface area contributed by atoms with E-state index in [1.54, 1.807) is 55.8 Å². The van der Waals surface area contributed by atoms with Crippen molar-refractivity contribution in [3.05, 3.63) is 78.0 Å². The van der Waals surface area contributed by atoms with E-state index in [9.17, 15) is 9.18 Å². The van der Waals surface area contributed by atoms with Crippen LogP contribution in [0, 0.1) is 5.82 Å². The summed E-state index contributed by atoms with van der Waals surface area (Å²) in [7, 11) is 5.52. The number of nitrogens with zero attached hydrogens (tertiary/aromatic N) is 4. The lowest BCUT2D eigenvalue weighted by Gasteiger charge is -2.30. The molecule has 200 valence electrons. The third-order valence-electron chi connectivity index (χ3n) is 6.66. The Balaban J connectivity index is 1.66. The van der Waals surface area contributed by atoms with E-state index in [1.807, 2.05) is 26.1 Å². The fourth-order valence-electron chi connectivity index (χ4n) is 4.57. The van der Waals surface area contributed by atoms with Crippen molar-refractivity contribution in [2.75, 3.05) is 47.5 Å². The molecule has 0 saturated heterocycles. The third kappa shape index (κ3) is 6.17. The molecule has 38 heavy (non-hydrogen) atoms. The minimum Gasteiger partial charge on any atom is -0.493 e. The molecule has 0 bridgehead atoms. The molecule has 2 heterocycles. The molecule has 0 fully saturated rings. The molecule has 0 aliphatic rings. The van der Waals surface area contributed by atoms with Gasteiger partial charge in [0.1, 0.15) is 11.6 Å². The van der Waals surface area contributed by atoms with Crippen LogP contribution in [-0.2, 0) is 4.74 Å². The van der Waals surface area contributed by atoms with Crippen molar-refractivity contribution in [3.63, 3.8) is 0 Å². The molecule has 8 nitrogen and oxygen atoms in total. The maximum absolute atomic E-state index is 13.9. The number of halogens is 1. The van der Waals surface area contributed by atoms with Gasteiger partial charge in [-0.25, -0.2) is 4.39 Å². The first-order valence-corrected chi connectivity index (χ1v) is 12.7. The number of aromatic nitrogens is 3. The van der Waals surface area contributed by atoms with Crippen molar-refractivity contribution < 1.29 is 18.7 Å². The summed E-state index contributed by atoms with van der Waals surface area (Å²) >= 11 is 0. The first kappa shape index (κ1) is 27.2. The number of nitrogens with one attached hydrogen (secondary N) is 1. The van der Waals surface area contributed by atoms with E-state index in [-0.39, 0.29) is 17.8 Å². The summed E-state index contributed by atoms with van der Waals surface area (Å²) in [5, 5.41) is 8.14. The fraction of sp³-hybridized carbons (Fsp3) is 0.345. The minimum absolute atomic E-state index is 0.155. The Hall–Kier alpha value is -3.82. The number of ether oxygens (including phenoxy) is 2. The van der Waals surface area contributed by atoms with Gasteiger partial charge in [-0.05, 0) is 56.3 Å². The number of hydrogen-bond donors (Lipinski definition) is 1. The maximum Gasteiger partial charge on any atom is 0.254 e. The van der Waals surface area contributed by atoms with Crippen LogP contribution in [0.25, 0.3) is 22.0 Å². The van der Waals surface area contributed by atoms with Crippen molar-refractivity contribution in [1.29, 1.82) is 0 Å². The number of benzene rings is 2. The average molecular weight is 520 g/mol. The van der Waals surface area contributed by atoms with Gasteiger partial charge >= 0.3 is 0 Å². The highest BCUT2D eigenvalue weighted by molar-refractivity contribution is 5.96. The SMILES string of the molecule is CCOc1cc(C(=O)N(C)[C@H](CCN(C)CCOC)c2cncc3cn[nH]c23)ccc1-c1cccc(F)c1. The zero-order chi connectivity index (χ0) is 27.1. The molecule has 2 aromatic carbocycles. The quantitative estimate of drug-likeness (QED) is 0.285. The molecule has 1 atom stereocenters. The molecular weight excluding hydrogens is 485 g/mol. The first-order valence-electron chi connectivity index (χ1n) is 12.7. The van der Waals surface area contributed by atoms with Gasteiger partial charge in [-0.2, -0.15) is 5.10 Å². The number of amides is 1. The molecule has 4 aromatic rings. The Labute approximate surface area is 222 Å². The summed E-state index contributed by atoms with van der Waals surface area (Å²) in [5.41, 5.74) is 3.67. The predicted octanol–water partition coefficient (Wildman–Crippen LogP) is 4.94. The Bertz CT molecular complexity index is 1380. The summed E-state index contributed by atoms with van der Waals surface area (Å²) in [5.74, 6) is 0.0491. The van der Waals surface area contributed by atoms with Gasteiger partial charge in [0, 0.05) is 61.7 Å². The standard InChI is InChI=1S/C29H34FN5O3/c1-5-38-27-16-21(9-10-24(27)20-7-6-8-23(30)15-20)29(36)35(3)26(11-12-34(2)13-14-37-4)25-19-31-17-22-18-32-33-28(22)25/h6-10,15-19,26H,5,11-14H2,1-4H3,(H,32,33)/t26-/m1/s1. The van der Waals surface area contributed by atoms with E-state index in [2.05, 4.69) is 20.1 Å². The zero-order valence-electron chi connectivity index (χ0n) is 22.3. The molecule has 0 unspecified atom stereocenters. The molecule has 9 heteroatoms. The zero-order valence-corrected chi connectivity index (χ0v) is 22.3. The Morgan fingerprint density at radius 3 is 2.71 bits per heavy atom. The van der Waals surface area contributed by atoms with Crippen LogP contribution in [0.4, 0.5) is 4.39 Å². The van der Waals surface area contributed by atoms with Crippen molar-refractivity contribution in [3.8, 4) is 16.9 Å². The van der Waals surface area contributed by atoms with Gasteiger partial charge in [-0.1, -0.05) is 12.1 Å². The van der Waals surface area contributed by atoms with Crippen LogP contribution >= 0.6 is 0 Å². The number of carbonyl (C=O) groups is 1. The summed E-state index contributed by atoms with van der Waals surface area (Å²) in [6.07, 6.45) is 5.96. The normalized spacial score (nSPS) is 12.2. The number of methoxy groups -OCH3 is 1. The molecule has 2 aromatic heterocycles. The van der Waals surface area contributed by atoms with E-state index in [1.165, 1.54) is 12.1 Å². The average Bonchev–Trinajstić information content (AvgIpc) is 3.41. The lowest BCUT2D eigenvalue weighted by atomic mass is 9.99. The molecule has 0 aliphatic carbocycles. The van der Waals surface area contributed by atoms with Crippen molar-refractivity contribution in [2.45, 2.75) is 19.4 Å². The van der Waals surface area contributed by atoms with Crippen LogP contribution in [0.15, 0.2) is 61.1 Å². The highest BCUT2D eigenvalue weighted by Crippen LogP contribution is 2.34. The highest BCUT2D eigenvalue weighted by Gasteiger charge is 2.26. The van der Waals surface area contributed by atoms with Gasteiger partial charge < -0.3 is 19.3 Å². The topological polar surface area (TPSA) is 83.6 Å². The highest BCUT2D eigenvalue weighted by atomic mass is 19.1. The van der Waals surface area contributed by atoms with Gasteiger partial charge in [0.15, 0.2) is 0 Å². The van der Waals surface area contributed by atoms with Crippen molar-refractivity contribution in [2.24, 2.45) is 0 Å². The lowest BCUT2D eigenvalue weighted by Crippen LogP contribution is -2.34. The number of aromatic amines is 1. The van der Waals surface area contributed by atoms with Gasteiger partial charge in [0.05, 0.1) is 31.0 Å². The molecule has 1 N–H and O–H groups in total. The predicted molar refractivity (Wildman–Crippen MR) is 146 cm³/mol. The van der Waals surface area contributed by atoms with E-state index < -0.39 is 0 Å². The molecule has 4 rings (SSSR count). The number of hydrogen-bond acceptors (Lipinski definition) is 6. The molecule has 0 saturated carbocycles. The van der Waals surface area contributed by atoms with Crippen LogP contribution in [0.5, 0.6) is 5.75 Å². The molecule has 0 spiro atoms. The van der Waals surface area contributed by atoms with Crippen LogP contribution in [0.2, 0.25) is 0 Å². The number of carbonyl (C=O) groups excluding carboxylic acids is 1. The van der Waals surface area contributed by atoms with Gasteiger partial charge in [-0.3, -0.25) is 14.9 Å². The smallest absolute Gasteiger partial charge is 0.254 e. The minimum atomic E-state index is -0.329. The van der Waals surface area contributed by atoms with Gasteiger partial charge in [0.25, 0.3) is 5.91 Å². The fourth-order valence-corrected chi connectivity index (χ4v) is 4.57. The Kier molecular flexibility index (Phi) is 9.04. The van der Waals surface area contributed by atoms with Crippen molar-refractivity contribution >= 4 is 16.8 Å². The van der Waals surface area contributed by atoms with E-state index in [0.717, 1.165) is 35.1 Å². The van der Waals surface area contributed by atoms with E-state index in [0.29, 0.717) is 36.5 Å². The van der Waals surface area contributed by atoms with Crippen LogP contribution < -0.4 is 4.74 Å². The maximum atomic E-state index is 13.9. The number of likely N-dealkylation sites (N-methyl/N-ethyl adjacent to an activating group) is 1. The molecular formula is C29H34FN5O3. The van der Waals surface area contributed by atoms with Crippen molar-refractivity contribution in [1.82, 2.24) is 25.0 Å². The van der Waals surface area contributed by atoms with E-state index in [4.69, 9.17) is 9.47 Å². The molecule has 1 amide bonds. The monoisotopic (exact) mass is 519 g/mol. The molecule has 0 radical (unpaired) electrons. The lowest BCUT2D eigenvalue weighted by molar-refractivity contribution is 0.0710. The van der Waals surface area contributed by atoms with E-state index >= 15 is 0 Å². The van der Waals surface area contributed by atoms with Crippen LogP contribution in [0.1, 0.15) is 35.3 Å². The second-order valence-corrected chi connectivity index (χ2v) is 9.23.